The van der Waals surface area contributed by atoms with Crippen LogP contribution in [-0.2, 0) is 0 Å². The highest BCUT2D eigenvalue weighted by molar-refractivity contribution is 5.97. The van der Waals surface area contributed by atoms with E-state index in [1.165, 1.54) is 5.57 Å². The van der Waals surface area contributed by atoms with Crippen LogP contribution >= 0.6 is 0 Å². The summed E-state index contributed by atoms with van der Waals surface area (Å²) < 4.78 is 6.31. The number of amides is 2. The van der Waals surface area contributed by atoms with Crippen LogP contribution in [0.15, 0.2) is 42.9 Å². The molecule has 2 amide bonds. The first-order valence-electron chi connectivity index (χ1n) is 11.8. The number of fused-ring (bicyclic) bond motifs is 1. The minimum Gasteiger partial charge on any atom is -0.472 e. The van der Waals surface area contributed by atoms with Gasteiger partial charge in [0.2, 0.25) is 5.88 Å². The smallest absolute Gasteiger partial charge is 0.259 e. The van der Waals surface area contributed by atoms with E-state index in [1.54, 1.807) is 47.6 Å². The zero-order valence-electron chi connectivity index (χ0n) is 20.0. The van der Waals surface area contributed by atoms with Gasteiger partial charge in [0.25, 0.3) is 11.8 Å². The lowest BCUT2D eigenvalue weighted by atomic mass is 9.99. The van der Waals surface area contributed by atoms with Crippen LogP contribution in [0.3, 0.4) is 0 Å². The van der Waals surface area contributed by atoms with Crippen molar-refractivity contribution >= 4 is 17.4 Å². The average Bonchev–Trinajstić information content (AvgIpc) is 3.40. The van der Waals surface area contributed by atoms with Crippen LogP contribution in [0.5, 0.6) is 5.88 Å². The SMILES string of the molecule is C[C@@H]1CN([C@H](C)CO)C(=O)c2cc(C3=CCCC3)cnc2O[C@@H]1CN(C)C(=O)c1ccncc1. The molecule has 8 nitrogen and oxygen atoms in total. The fourth-order valence-electron chi connectivity index (χ4n) is 4.50. The predicted molar refractivity (Wildman–Crippen MR) is 128 cm³/mol. The van der Waals surface area contributed by atoms with Gasteiger partial charge in [-0.3, -0.25) is 14.6 Å². The molecule has 8 heteroatoms. The molecule has 0 bridgehead atoms. The van der Waals surface area contributed by atoms with Gasteiger partial charge in [-0.15, -0.1) is 0 Å². The minimum atomic E-state index is -0.389. The molecule has 2 aliphatic rings. The monoisotopic (exact) mass is 464 g/mol. The largest absolute Gasteiger partial charge is 0.472 e. The predicted octanol–water partition coefficient (Wildman–Crippen LogP) is 3.04. The first-order valence-corrected chi connectivity index (χ1v) is 11.8. The minimum absolute atomic E-state index is 0.0993. The van der Waals surface area contributed by atoms with Crippen LogP contribution in [0, 0.1) is 5.92 Å². The molecule has 1 N–H and O–H groups in total. The van der Waals surface area contributed by atoms with Gasteiger partial charge in [-0.2, -0.15) is 0 Å². The number of hydrogen-bond donors (Lipinski definition) is 1. The summed E-state index contributed by atoms with van der Waals surface area (Å²) in [5, 5.41) is 9.83. The molecular weight excluding hydrogens is 432 g/mol. The molecule has 0 aromatic carbocycles. The van der Waals surface area contributed by atoms with E-state index in [2.05, 4.69) is 16.0 Å². The fourth-order valence-corrected chi connectivity index (χ4v) is 4.50. The molecule has 3 atom stereocenters. The second kappa shape index (κ2) is 10.3. The summed E-state index contributed by atoms with van der Waals surface area (Å²) in [6.07, 6.45) is 9.84. The van der Waals surface area contributed by atoms with E-state index >= 15 is 0 Å². The van der Waals surface area contributed by atoms with Crippen LogP contribution in [-0.4, -0.2) is 75.6 Å². The number of carbonyl (C=O) groups is 2. The number of hydrogen-bond acceptors (Lipinski definition) is 6. The van der Waals surface area contributed by atoms with Crippen LogP contribution in [0.4, 0.5) is 0 Å². The summed E-state index contributed by atoms with van der Waals surface area (Å²) in [7, 11) is 1.74. The number of likely N-dealkylation sites (N-methyl/N-ethyl adjacent to an activating group) is 1. The highest BCUT2D eigenvalue weighted by Gasteiger charge is 2.35. The van der Waals surface area contributed by atoms with E-state index < -0.39 is 0 Å². The third-order valence-corrected chi connectivity index (χ3v) is 6.66. The number of rotatable bonds is 6. The van der Waals surface area contributed by atoms with E-state index in [0.29, 0.717) is 24.2 Å². The van der Waals surface area contributed by atoms with Gasteiger partial charge >= 0.3 is 0 Å². The van der Waals surface area contributed by atoms with Crippen molar-refractivity contribution in [2.75, 3.05) is 26.7 Å². The van der Waals surface area contributed by atoms with E-state index in [4.69, 9.17) is 4.74 Å². The van der Waals surface area contributed by atoms with Crippen LogP contribution in [0.2, 0.25) is 0 Å². The number of ether oxygens (including phenoxy) is 1. The standard InChI is InChI=1S/C26H32N4O4/c1-17-14-30(18(2)16-31)26(33)22-12-21(19-6-4-5-7-19)13-28-24(22)34-23(17)15-29(3)25(32)20-8-10-27-11-9-20/h6,8-13,17-18,23,31H,4-5,7,14-16H2,1-3H3/t17-,18-,23-/m1/s1. The Balaban J connectivity index is 1.65. The summed E-state index contributed by atoms with van der Waals surface area (Å²) in [5.41, 5.74) is 3.07. The maximum Gasteiger partial charge on any atom is 0.259 e. The Hall–Kier alpha value is -3.26. The molecule has 1 aliphatic heterocycles. The molecule has 2 aromatic rings. The Labute approximate surface area is 200 Å². The quantitative estimate of drug-likeness (QED) is 0.706. The number of nitrogens with zero attached hydrogens (tertiary/aromatic N) is 4. The third kappa shape index (κ3) is 4.97. The number of aliphatic hydroxyl groups excluding tert-OH is 1. The maximum absolute atomic E-state index is 13.5. The van der Waals surface area contributed by atoms with Crippen molar-refractivity contribution in [1.29, 1.82) is 0 Å². The first kappa shape index (κ1) is 23.9. The van der Waals surface area contributed by atoms with E-state index in [0.717, 1.165) is 24.8 Å². The molecule has 2 aromatic heterocycles. The van der Waals surface area contributed by atoms with E-state index in [9.17, 15) is 14.7 Å². The van der Waals surface area contributed by atoms with Gasteiger partial charge < -0.3 is 19.6 Å². The number of pyridine rings is 2. The Bertz CT molecular complexity index is 1070. The Morgan fingerprint density at radius 3 is 2.79 bits per heavy atom. The zero-order valence-corrected chi connectivity index (χ0v) is 20.0. The molecule has 180 valence electrons. The molecule has 0 unspecified atom stereocenters. The van der Waals surface area contributed by atoms with Crippen molar-refractivity contribution in [2.24, 2.45) is 5.92 Å². The van der Waals surface area contributed by atoms with Crippen LogP contribution < -0.4 is 4.74 Å². The summed E-state index contributed by atoms with van der Waals surface area (Å²) in [4.78, 5) is 38.3. The van der Waals surface area contributed by atoms with Crippen LogP contribution in [0.25, 0.3) is 5.57 Å². The lowest BCUT2D eigenvalue weighted by Crippen LogP contribution is -2.50. The molecule has 34 heavy (non-hydrogen) atoms. The van der Waals surface area contributed by atoms with Gasteiger partial charge in [0.15, 0.2) is 0 Å². The topological polar surface area (TPSA) is 95.9 Å². The van der Waals surface area contributed by atoms with Crippen molar-refractivity contribution in [3.8, 4) is 5.88 Å². The van der Waals surface area contributed by atoms with Gasteiger partial charge in [0.1, 0.15) is 11.7 Å². The summed E-state index contributed by atoms with van der Waals surface area (Å²) in [6, 6.07) is 4.87. The number of allylic oxidation sites excluding steroid dienone is 2. The molecular formula is C26H32N4O4. The second-order valence-corrected chi connectivity index (χ2v) is 9.24. The van der Waals surface area contributed by atoms with Crippen molar-refractivity contribution in [3.05, 3.63) is 59.6 Å². The zero-order chi connectivity index (χ0) is 24.2. The van der Waals surface area contributed by atoms with Gasteiger partial charge in [0, 0.05) is 43.7 Å². The van der Waals surface area contributed by atoms with Crippen molar-refractivity contribution in [3.63, 3.8) is 0 Å². The molecule has 0 spiro atoms. The Morgan fingerprint density at radius 2 is 2.12 bits per heavy atom. The van der Waals surface area contributed by atoms with Crippen molar-refractivity contribution in [1.82, 2.24) is 19.8 Å². The first-order chi connectivity index (χ1) is 16.4. The molecule has 0 fully saturated rings. The lowest BCUT2D eigenvalue weighted by molar-refractivity contribution is 0.0313. The van der Waals surface area contributed by atoms with Crippen LogP contribution in [0.1, 0.15) is 59.4 Å². The lowest BCUT2D eigenvalue weighted by Gasteiger charge is -2.37. The molecule has 0 saturated carbocycles. The number of carbonyl (C=O) groups excluding carboxylic acids is 2. The Morgan fingerprint density at radius 1 is 1.35 bits per heavy atom. The molecule has 0 radical (unpaired) electrons. The summed E-state index contributed by atoms with van der Waals surface area (Å²) in [6.45, 7) is 4.40. The second-order valence-electron chi connectivity index (χ2n) is 9.24. The Kier molecular flexibility index (Phi) is 7.26. The van der Waals surface area contributed by atoms with E-state index in [1.807, 2.05) is 19.9 Å². The van der Waals surface area contributed by atoms with E-state index in [-0.39, 0.29) is 42.4 Å². The van der Waals surface area contributed by atoms with Gasteiger partial charge in [0.05, 0.1) is 19.2 Å². The molecule has 1 aliphatic carbocycles. The van der Waals surface area contributed by atoms with Gasteiger partial charge in [-0.1, -0.05) is 13.0 Å². The molecule has 3 heterocycles. The average molecular weight is 465 g/mol. The number of aliphatic hydroxyl groups is 1. The maximum atomic E-state index is 13.5. The summed E-state index contributed by atoms with van der Waals surface area (Å²) >= 11 is 0. The fraction of sp³-hybridized carbons (Fsp3) is 0.462. The third-order valence-electron chi connectivity index (χ3n) is 6.66. The van der Waals surface area contributed by atoms with Crippen molar-refractivity contribution in [2.45, 2.75) is 45.3 Å². The molecule has 0 saturated heterocycles. The van der Waals surface area contributed by atoms with Crippen molar-refractivity contribution < 1.29 is 19.4 Å². The normalized spacial score (nSPS) is 21.1. The highest BCUT2D eigenvalue weighted by Crippen LogP contribution is 2.32. The highest BCUT2D eigenvalue weighted by atomic mass is 16.5. The van der Waals surface area contributed by atoms with Gasteiger partial charge in [-0.05, 0) is 55.5 Å². The summed E-state index contributed by atoms with van der Waals surface area (Å²) in [5.74, 6) is -0.161. The number of aromatic nitrogens is 2. The van der Waals surface area contributed by atoms with Gasteiger partial charge in [-0.25, -0.2) is 4.98 Å². The molecule has 4 rings (SSSR count).